The maximum atomic E-state index is 11.6. The lowest BCUT2D eigenvalue weighted by Gasteiger charge is -2.07. The van der Waals surface area contributed by atoms with Crippen LogP contribution in [-0.2, 0) is 9.53 Å². The number of anilines is 1. The van der Waals surface area contributed by atoms with E-state index in [-0.39, 0.29) is 23.8 Å². The molecule has 0 aliphatic carbocycles. The number of hydrogen-bond donors (Lipinski definition) is 5. The van der Waals surface area contributed by atoms with E-state index in [0.29, 0.717) is 18.8 Å². The molecule has 0 aliphatic rings. The van der Waals surface area contributed by atoms with Crippen molar-refractivity contribution in [1.29, 1.82) is 0 Å². The van der Waals surface area contributed by atoms with Crippen LogP contribution in [0.3, 0.4) is 0 Å². The SMILES string of the molecule is COCCNC(=O)CNC(=O)Nc1cc(C)[nH]c1C(=O)O. The van der Waals surface area contributed by atoms with Gasteiger partial charge in [0.25, 0.3) is 0 Å². The van der Waals surface area contributed by atoms with E-state index in [0.717, 1.165) is 0 Å². The van der Waals surface area contributed by atoms with Crippen LogP contribution in [0.25, 0.3) is 0 Å². The average molecular weight is 298 g/mol. The van der Waals surface area contributed by atoms with Crippen molar-refractivity contribution in [2.45, 2.75) is 6.92 Å². The number of carbonyl (C=O) groups is 3. The number of hydrogen-bond acceptors (Lipinski definition) is 4. The summed E-state index contributed by atoms with van der Waals surface area (Å²) in [5.74, 6) is -1.55. The number of nitrogens with one attached hydrogen (secondary N) is 4. The minimum absolute atomic E-state index is 0.118. The van der Waals surface area contributed by atoms with Gasteiger partial charge in [0.2, 0.25) is 5.91 Å². The number of amides is 3. The van der Waals surface area contributed by atoms with Gasteiger partial charge in [0.1, 0.15) is 5.69 Å². The highest BCUT2D eigenvalue weighted by Gasteiger charge is 2.15. The fourth-order valence-electron chi connectivity index (χ4n) is 1.54. The van der Waals surface area contributed by atoms with E-state index >= 15 is 0 Å². The molecule has 1 aromatic heterocycles. The number of rotatable bonds is 7. The van der Waals surface area contributed by atoms with E-state index in [1.54, 1.807) is 6.92 Å². The maximum Gasteiger partial charge on any atom is 0.354 e. The molecule has 0 fully saturated rings. The second kappa shape index (κ2) is 7.90. The van der Waals surface area contributed by atoms with Gasteiger partial charge in [-0.3, -0.25) is 4.79 Å². The van der Waals surface area contributed by atoms with E-state index in [1.165, 1.54) is 13.2 Å². The normalized spacial score (nSPS) is 10.0. The topological polar surface area (TPSA) is 133 Å². The van der Waals surface area contributed by atoms with Crippen LogP contribution >= 0.6 is 0 Å². The van der Waals surface area contributed by atoms with Crippen molar-refractivity contribution in [2.75, 3.05) is 32.1 Å². The quantitative estimate of drug-likeness (QED) is 0.449. The molecule has 9 nitrogen and oxygen atoms in total. The molecule has 0 bridgehead atoms. The molecule has 21 heavy (non-hydrogen) atoms. The molecule has 9 heteroatoms. The van der Waals surface area contributed by atoms with E-state index in [9.17, 15) is 14.4 Å². The number of aryl methyl sites for hydroxylation is 1. The molecule has 0 atom stereocenters. The first kappa shape index (κ1) is 16.5. The van der Waals surface area contributed by atoms with Gasteiger partial charge in [-0.05, 0) is 13.0 Å². The van der Waals surface area contributed by atoms with Crippen LogP contribution in [0.2, 0.25) is 0 Å². The van der Waals surface area contributed by atoms with Crippen LogP contribution in [0.5, 0.6) is 0 Å². The molecule has 0 saturated carbocycles. The Bertz CT molecular complexity index is 526. The third kappa shape index (κ3) is 5.53. The van der Waals surface area contributed by atoms with Gasteiger partial charge in [0.05, 0.1) is 18.8 Å². The van der Waals surface area contributed by atoms with Crippen LogP contribution < -0.4 is 16.0 Å². The van der Waals surface area contributed by atoms with E-state index < -0.39 is 12.0 Å². The molecule has 5 N–H and O–H groups in total. The third-order valence-electron chi connectivity index (χ3n) is 2.45. The predicted octanol–water partition coefficient (Wildman–Crippen LogP) is -0.0946. The van der Waals surface area contributed by atoms with E-state index in [1.807, 2.05) is 0 Å². The van der Waals surface area contributed by atoms with Gasteiger partial charge in [-0.25, -0.2) is 9.59 Å². The fraction of sp³-hybridized carbons (Fsp3) is 0.417. The number of methoxy groups -OCH3 is 1. The Morgan fingerprint density at radius 3 is 2.67 bits per heavy atom. The molecule has 0 unspecified atom stereocenters. The first-order valence-corrected chi connectivity index (χ1v) is 6.17. The average Bonchev–Trinajstić information content (AvgIpc) is 2.78. The highest BCUT2D eigenvalue weighted by molar-refractivity contribution is 5.99. The zero-order chi connectivity index (χ0) is 15.8. The monoisotopic (exact) mass is 298 g/mol. The second-order valence-corrected chi connectivity index (χ2v) is 4.20. The Labute approximate surface area is 121 Å². The van der Waals surface area contributed by atoms with Crippen LogP contribution in [-0.4, -0.2) is 54.8 Å². The lowest BCUT2D eigenvalue weighted by Crippen LogP contribution is -2.40. The second-order valence-electron chi connectivity index (χ2n) is 4.20. The number of carboxylic acids is 1. The van der Waals surface area contributed by atoms with Gasteiger partial charge < -0.3 is 30.8 Å². The van der Waals surface area contributed by atoms with Crippen molar-refractivity contribution in [2.24, 2.45) is 0 Å². The fourth-order valence-corrected chi connectivity index (χ4v) is 1.54. The minimum atomic E-state index is -1.18. The highest BCUT2D eigenvalue weighted by atomic mass is 16.5. The number of aromatic nitrogens is 1. The van der Waals surface area contributed by atoms with Crippen molar-refractivity contribution in [1.82, 2.24) is 15.6 Å². The Hall–Kier alpha value is -2.55. The molecule has 1 aromatic rings. The molecule has 1 heterocycles. The third-order valence-corrected chi connectivity index (χ3v) is 2.45. The molecule has 0 spiro atoms. The van der Waals surface area contributed by atoms with Crippen molar-refractivity contribution < 1.29 is 24.2 Å². The molecule has 0 radical (unpaired) electrons. The summed E-state index contributed by atoms with van der Waals surface area (Å²) in [5, 5.41) is 16.2. The summed E-state index contributed by atoms with van der Waals surface area (Å²) in [6.45, 7) is 2.17. The number of H-pyrrole nitrogens is 1. The number of carbonyl (C=O) groups excluding carboxylic acids is 2. The lowest BCUT2D eigenvalue weighted by molar-refractivity contribution is -0.120. The maximum absolute atomic E-state index is 11.6. The minimum Gasteiger partial charge on any atom is -0.477 e. The Morgan fingerprint density at radius 2 is 2.05 bits per heavy atom. The van der Waals surface area contributed by atoms with Gasteiger partial charge >= 0.3 is 12.0 Å². The standard InChI is InChI=1S/C12H18N4O5/c1-7-5-8(10(15-7)11(18)19)16-12(20)14-6-9(17)13-3-4-21-2/h5,15H,3-4,6H2,1-2H3,(H,13,17)(H,18,19)(H2,14,16,20). The number of aromatic amines is 1. The Balaban J connectivity index is 2.44. The molecule has 116 valence electrons. The zero-order valence-electron chi connectivity index (χ0n) is 11.8. The van der Waals surface area contributed by atoms with E-state index in [2.05, 4.69) is 20.9 Å². The Kier molecular flexibility index (Phi) is 6.21. The molecule has 0 aromatic carbocycles. The summed E-state index contributed by atoms with van der Waals surface area (Å²) in [6.07, 6.45) is 0. The summed E-state index contributed by atoms with van der Waals surface area (Å²) >= 11 is 0. The largest absolute Gasteiger partial charge is 0.477 e. The van der Waals surface area contributed by atoms with E-state index in [4.69, 9.17) is 9.84 Å². The van der Waals surface area contributed by atoms with Crippen molar-refractivity contribution in [3.05, 3.63) is 17.5 Å². The van der Waals surface area contributed by atoms with Gasteiger partial charge in [-0.2, -0.15) is 0 Å². The molecule has 0 aliphatic heterocycles. The van der Waals surface area contributed by atoms with Gasteiger partial charge in [-0.15, -0.1) is 0 Å². The van der Waals surface area contributed by atoms with Crippen LogP contribution in [0.15, 0.2) is 6.07 Å². The highest BCUT2D eigenvalue weighted by Crippen LogP contribution is 2.16. The summed E-state index contributed by atoms with van der Waals surface area (Å²) in [7, 11) is 1.51. The number of urea groups is 1. The van der Waals surface area contributed by atoms with Crippen LogP contribution in [0.1, 0.15) is 16.2 Å². The first-order valence-electron chi connectivity index (χ1n) is 6.17. The van der Waals surface area contributed by atoms with Gasteiger partial charge in [-0.1, -0.05) is 0 Å². The van der Waals surface area contributed by atoms with Crippen molar-refractivity contribution in [3.8, 4) is 0 Å². The van der Waals surface area contributed by atoms with Gasteiger partial charge in [0, 0.05) is 19.3 Å². The van der Waals surface area contributed by atoms with Crippen molar-refractivity contribution >= 4 is 23.6 Å². The number of ether oxygens (including phenoxy) is 1. The summed E-state index contributed by atoms with van der Waals surface area (Å²) in [6, 6.07) is 0.820. The lowest BCUT2D eigenvalue weighted by atomic mass is 10.3. The number of carboxylic acid groups (broad SMARTS) is 1. The van der Waals surface area contributed by atoms with Crippen molar-refractivity contribution in [3.63, 3.8) is 0 Å². The van der Waals surface area contributed by atoms with Gasteiger partial charge in [0.15, 0.2) is 0 Å². The van der Waals surface area contributed by atoms with Crippen LogP contribution in [0.4, 0.5) is 10.5 Å². The molecule has 3 amide bonds. The number of aromatic carboxylic acids is 1. The smallest absolute Gasteiger partial charge is 0.354 e. The molecular formula is C12H18N4O5. The Morgan fingerprint density at radius 1 is 1.33 bits per heavy atom. The molecule has 1 rings (SSSR count). The zero-order valence-corrected chi connectivity index (χ0v) is 11.8. The molecular weight excluding hydrogens is 280 g/mol. The first-order chi connectivity index (χ1) is 9.93. The van der Waals surface area contributed by atoms with Crippen LogP contribution in [0, 0.1) is 6.92 Å². The summed E-state index contributed by atoms with van der Waals surface area (Å²) in [4.78, 5) is 36.5. The summed E-state index contributed by atoms with van der Waals surface area (Å²) < 4.78 is 4.76. The predicted molar refractivity (Wildman–Crippen MR) is 74.4 cm³/mol. The molecule has 0 saturated heterocycles. The summed E-state index contributed by atoms with van der Waals surface area (Å²) in [5.41, 5.74) is 0.615.